The quantitative estimate of drug-likeness (QED) is 0.312. The van der Waals surface area contributed by atoms with Crippen LogP contribution >= 0.6 is 23.4 Å². The van der Waals surface area contributed by atoms with E-state index >= 15 is 0 Å². The molecule has 2 aliphatic rings. The highest BCUT2D eigenvalue weighted by molar-refractivity contribution is 7.99. The average molecular weight is 532 g/mol. The summed E-state index contributed by atoms with van der Waals surface area (Å²) in [4.78, 5) is 21.7. The van der Waals surface area contributed by atoms with E-state index in [1.165, 1.54) is 27.2 Å². The van der Waals surface area contributed by atoms with Crippen LogP contribution in [-0.2, 0) is 9.53 Å². The first kappa shape index (κ1) is 27.0. The Morgan fingerprint density at radius 1 is 1.06 bits per heavy atom. The zero-order valence-electron chi connectivity index (χ0n) is 20.9. The Balaban J connectivity index is 1.17. The summed E-state index contributed by atoms with van der Waals surface area (Å²) in [7, 11) is 0. The summed E-state index contributed by atoms with van der Waals surface area (Å²) in [5, 5.41) is 0.768. The van der Waals surface area contributed by atoms with Crippen molar-refractivity contribution in [3.63, 3.8) is 0 Å². The molecule has 194 valence electrons. The minimum Gasteiger partial charge on any atom is -0.464 e. The first-order valence-corrected chi connectivity index (χ1v) is 13.9. The number of carbonyl (C=O) groups is 1. The second-order valence-corrected chi connectivity index (χ2v) is 10.9. The molecule has 8 heteroatoms. The van der Waals surface area contributed by atoms with Crippen molar-refractivity contribution in [2.75, 3.05) is 57.3 Å². The standard InChI is InChI=1S/C28H35ClFN3O2S/c1-22(11-12-30)7-10-28(34)35-20-19-32-17-15-31(16-18-32)13-4-14-33-24-5-2-3-6-26(24)36-27-9-8-23(29)21-25(27)33/h2-3,5-6,8-9,11-12,21-22H,4,7,10,13-20H2,1H3. The number of allylic oxidation sites excluding steroid dienone is 1. The van der Waals surface area contributed by atoms with E-state index in [2.05, 4.69) is 51.1 Å². The second-order valence-electron chi connectivity index (χ2n) is 9.43. The third-order valence-electron chi connectivity index (χ3n) is 6.78. The molecule has 1 unspecified atom stereocenters. The summed E-state index contributed by atoms with van der Waals surface area (Å²) < 4.78 is 17.5. The monoisotopic (exact) mass is 531 g/mol. The number of anilines is 2. The van der Waals surface area contributed by atoms with Gasteiger partial charge in [0.15, 0.2) is 0 Å². The van der Waals surface area contributed by atoms with Crippen LogP contribution in [-0.4, -0.2) is 68.2 Å². The summed E-state index contributed by atoms with van der Waals surface area (Å²) in [6.45, 7) is 9.08. The first-order chi connectivity index (χ1) is 17.5. The van der Waals surface area contributed by atoms with Gasteiger partial charge in [0.25, 0.3) is 0 Å². The Morgan fingerprint density at radius 3 is 2.56 bits per heavy atom. The molecule has 0 bridgehead atoms. The number of para-hydroxylation sites is 1. The third kappa shape index (κ3) is 7.48. The predicted molar refractivity (Wildman–Crippen MR) is 146 cm³/mol. The lowest BCUT2D eigenvalue weighted by Crippen LogP contribution is -2.47. The van der Waals surface area contributed by atoms with Crippen molar-refractivity contribution in [3.05, 3.63) is 59.9 Å². The van der Waals surface area contributed by atoms with Crippen molar-refractivity contribution in [1.82, 2.24) is 9.80 Å². The zero-order chi connectivity index (χ0) is 25.3. The predicted octanol–water partition coefficient (Wildman–Crippen LogP) is 6.39. The molecule has 0 N–H and O–H groups in total. The molecule has 36 heavy (non-hydrogen) atoms. The van der Waals surface area contributed by atoms with Gasteiger partial charge in [-0.1, -0.05) is 48.5 Å². The van der Waals surface area contributed by atoms with Crippen LogP contribution in [0, 0.1) is 5.92 Å². The van der Waals surface area contributed by atoms with E-state index in [0.717, 1.165) is 57.3 Å². The molecule has 2 aromatic carbocycles. The molecule has 0 radical (unpaired) electrons. The van der Waals surface area contributed by atoms with Crippen molar-refractivity contribution in [1.29, 1.82) is 0 Å². The van der Waals surface area contributed by atoms with Crippen molar-refractivity contribution >= 4 is 40.7 Å². The largest absolute Gasteiger partial charge is 0.464 e. The van der Waals surface area contributed by atoms with Gasteiger partial charge in [0.1, 0.15) is 6.61 Å². The number of carbonyl (C=O) groups excluding carboxylic acids is 1. The molecule has 0 spiro atoms. The molecular formula is C28H35ClFN3O2S. The molecule has 0 amide bonds. The van der Waals surface area contributed by atoms with Gasteiger partial charge in [0.05, 0.1) is 17.7 Å². The van der Waals surface area contributed by atoms with Crippen LogP contribution in [0.3, 0.4) is 0 Å². The number of hydrogen-bond donors (Lipinski definition) is 0. The maximum atomic E-state index is 12.2. The number of rotatable bonds is 11. The zero-order valence-corrected chi connectivity index (χ0v) is 22.4. The number of esters is 1. The lowest BCUT2D eigenvalue weighted by molar-refractivity contribution is -0.144. The van der Waals surface area contributed by atoms with Gasteiger partial charge in [-0.3, -0.25) is 9.69 Å². The van der Waals surface area contributed by atoms with E-state index in [1.54, 1.807) is 11.8 Å². The van der Waals surface area contributed by atoms with E-state index < -0.39 is 0 Å². The minimum atomic E-state index is -0.201. The van der Waals surface area contributed by atoms with Crippen LogP contribution in [0.1, 0.15) is 26.2 Å². The smallest absolute Gasteiger partial charge is 0.305 e. The molecule has 2 aromatic rings. The molecule has 4 rings (SSSR count). The van der Waals surface area contributed by atoms with Crippen molar-refractivity contribution in [3.8, 4) is 0 Å². The number of benzene rings is 2. The minimum absolute atomic E-state index is 0.0479. The number of hydrogen-bond acceptors (Lipinski definition) is 6. The fraction of sp³-hybridized carbons (Fsp3) is 0.464. The topological polar surface area (TPSA) is 36.0 Å². The van der Waals surface area contributed by atoms with Gasteiger partial charge in [-0.05, 0) is 55.6 Å². The van der Waals surface area contributed by atoms with Gasteiger partial charge in [-0.25, -0.2) is 4.39 Å². The van der Waals surface area contributed by atoms with E-state index in [-0.39, 0.29) is 11.9 Å². The molecule has 5 nitrogen and oxygen atoms in total. The lowest BCUT2D eigenvalue weighted by Gasteiger charge is -2.36. The Labute approximate surface area is 223 Å². The SMILES string of the molecule is CC(C=CF)CCC(=O)OCCN1CCN(CCCN2c3ccccc3Sc3ccc(Cl)cc32)CC1. The highest BCUT2D eigenvalue weighted by Gasteiger charge is 2.24. The van der Waals surface area contributed by atoms with Crippen LogP contribution in [0.4, 0.5) is 15.8 Å². The van der Waals surface area contributed by atoms with Gasteiger partial charge in [0.2, 0.25) is 0 Å². The van der Waals surface area contributed by atoms with Crippen LogP contribution < -0.4 is 4.90 Å². The van der Waals surface area contributed by atoms with Gasteiger partial charge >= 0.3 is 5.97 Å². The molecule has 2 aliphatic heterocycles. The molecule has 1 saturated heterocycles. The Hall–Kier alpha value is -2.06. The fourth-order valence-electron chi connectivity index (χ4n) is 4.66. The van der Waals surface area contributed by atoms with Gasteiger partial charge in [-0.15, -0.1) is 0 Å². The molecule has 0 saturated carbocycles. The van der Waals surface area contributed by atoms with Crippen molar-refractivity contribution < 1.29 is 13.9 Å². The Bertz CT molecular complexity index is 1050. The highest BCUT2D eigenvalue weighted by atomic mass is 35.5. The first-order valence-electron chi connectivity index (χ1n) is 12.7. The summed E-state index contributed by atoms with van der Waals surface area (Å²) in [5.74, 6) is -0.153. The summed E-state index contributed by atoms with van der Waals surface area (Å²) in [5.41, 5.74) is 2.45. The second kappa shape index (κ2) is 13.5. The number of piperazine rings is 1. The van der Waals surface area contributed by atoms with Crippen molar-refractivity contribution in [2.45, 2.75) is 36.0 Å². The van der Waals surface area contributed by atoms with E-state index in [0.29, 0.717) is 25.8 Å². The van der Waals surface area contributed by atoms with E-state index in [4.69, 9.17) is 16.3 Å². The summed E-state index contributed by atoms with van der Waals surface area (Å²) in [6, 6.07) is 14.7. The van der Waals surface area contributed by atoms with Crippen LogP contribution in [0.5, 0.6) is 0 Å². The molecule has 1 atom stereocenters. The Kier molecular flexibility index (Phi) is 10.1. The number of fused-ring (bicyclic) bond motifs is 2. The molecule has 2 heterocycles. The maximum Gasteiger partial charge on any atom is 0.305 e. The van der Waals surface area contributed by atoms with Crippen LogP contribution in [0.2, 0.25) is 5.02 Å². The maximum absolute atomic E-state index is 12.2. The normalized spacial score (nSPS) is 17.1. The molecular weight excluding hydrogens is 497 g/mol. The summed E-state index contributed by atoms with van der Waals surface area (Å²) in [6.07, 6.45) is 4.01. The lowest BCUT2D eigenvalue weighted by atomic mass is 10.1. The van der Waals surface area contributed by atoms with E-state index in [1.807, 2.05) is 13.0 Å². The molecule has 1 fully saturated rings. The van der Waals surface area contributed by atoms with Gasteiger partial charge in [-0.2, -0.15) is 0 Å². The number of ether oxygens (including phenoxy) is 1. The number of halogens is 2. The molecule has 0 aliphatic carbocycles. The van der Waals surface area contributed by atoms with Gasteiger partial charge < -0.3 is 14.5 Å². The van der Waals surface area contributed by atoms with Crippen molar-refractivity contribution in [2.24, 2.45) is 5.92 Å². The van der Waals surface area contributed by atoms with Crippen LogP contribution in [0.25, 0.3) is 0 Å². The Morgan fingerprint density at radius 2 is 1.78 bits per heavy atom. The van der Waals surface area contributed by atoms with Gasteiger partial charge in [0, 0.05) is 60.5 Å². The fourth-order valence-corrected chi connectivity index (χ4v) is 5.90. The molecule has 0 aromatic heterocycles. The number of nitrogens with zero attached hydrogens (tertiary/aromatic N) is 3. The average Bonchev–Trinajstić information content (AvgIpc) is 2.88. The summed E-state index contributed by atoms with van der Waals surface area (Å²) >= 11 is 8.15. The third-order valence-corrected chi connectivity index (χ3v) is 8.15. The highest BCUT2D eigenvalue weighted by Crippen LogP contribution is 2.48. The van der Waals surface area contributed by atoms with Crippen LogP contribution in [0.15, 0.2) is 64.7 Å². The van der Waals surface area contributed by atoms with E-state index in [9.17, 15) is 9.18 Å².